The van der Waals surface area contributed by atoms with Gasteiger partial charge in [-0.1, -0.05) is 49.9 Å². The Hall–Kier alpha value is -3.39. The van der Waals surface area contributed by atoms with E-state index in [-0.39, 0.29) is 17.5 Å². The number of amides is 1. The number of thioether (sulfide) groups is 1. The molecule has 0 aliphatic rings. The fourth-order valence-corrected chi connectivity index (χ4v) is 4.37. The van der Waals surface area contributed by atoms with Crippen LogP contribution >= 0.6 is 11.8 Å². The number of hydrogen-bond donors (Lipinski definition) is 1. The minimum absolute atomic E-state index is 0.164. The third kappa shape index (κ3) is 5.34. The number of benzene rings is 2. The fourth-order valence-electron chi connectivity index (χ4n) is 3.58. The molecule has 1 N–H and O–H groups in total. The minimum Gasteiger partial charge on any atom is -0.341 e. The molecule has 0 aliphatic heterocycles. The highest BCUT2D eigenvalue weighted by Gasteiger charge is 2.21. The molecule has 0 radical (unpaired) electrons. The van der Waals surface area contributed by atoms with E-state index < -0.39 is 6.04 Å². The van der Waals surface area contributed by atoms with Crippen molar-refractivity contribution in [2.24, 2.45) is 7.05 Å². The maximum Gasteiger partial charge on any atom is 0.231 e. The topological polar surface area (TPSA) is 64.7 Å². The molecule has 1 atom stereocenters. The summed E-state index contributed by atoms with van der Waals surface area (Å²) in [7, 11) is 1.84. The van der Waals surface area contributed by atoms with E-state index in [0.29, 0.717) is 17.3 Å². The molecular formula is C25H26FN5OS. The second-order valence-electron chi connectivity index (χ2n) is 8.07. The average Bonchev–Trinajstić information content (AvgIpc) is 3.45. The maximum absolute atomic E-state index is 13.9. The highest BCUT2D eigenvalue weighted by molar-refractivity contribution is 7.99. The van der Waals surface area contributed by atoms with Gasteiger partial charge in [-0.2, -0.15) is 0 Å². The monoisotopic (exact) mass is 463 g/mol. The van der Waals surface area contributed by atoms with Crippen molar-refractivity contribution in [2.45, 2.75) is 31.0 Å². The van der Waals surface area contributed by atoms with Crippen molar-refractivity contribution in [3.05, 3.63) is 96.1 Å². The first kappa shape index (κ1) is 22.8. The summed E-state index contributed by atoms with van der Waals surface area (Å²) in [6.45, 7) is 4.32. The SMILES string of the molecule is CC(C)c1ccc(-n2ccnc2SCC(=O)N[C@H](c2cccc(F)c2)c2nccn2C)cc1. The average molecular weight is 464 g/mol. The third-order valence-corrected chi connectivity index (χ3v) is 6.35. The van der Waals surface area contributed by atoms with E-state index in [1.54, 1.807) is 30.7 Å². The molecule has 4 rings (SSSR count). The van der Waals surface area contributed by atoms with Crippen LogP contribution in [0.5, 0.6) is 0 Å². The maximum atomic E-state index is 13.9. The van der Waals surface area contributed by atoms with Crippen LogP contribution in [0.15, 0.2) is 78.5 Å². The Labute approximate surface area is 196 Å². The summed E-state index contributed by atoms with van der Waals surface area (Å²) in [5.74, 6) is 0.703. The van der Waals surface area contributed by atoms with Crippen molar-refractivity contribution in [3.63, 3.8) is 0 Å². The predicted molar refractivity (Wildman–Crippen MR) is 128 cm³/mol. The number of aryl methyl sites for hydroxylation is 1. The molecule has 2 heterocycles. The van der Waals surface area contributed by atoms with Gasteiger partial charge in [0.1, 0.15) is 17.7 Å². The zero-order chi connectivity index (χ0) is 23.4. The number of carbonyl (C=O) groups excluding carboxylic acids is 1. The van der Waals surface area contributed by atoms with Crippen molar-refractivity contribution in [1.29, 1.82) is 0 Å². The quantitative estimate of drug-likeness (QED) is 0.379. The lowest BCUT2D eigenvalue weighted by Gasteiger charge is -2.19. The van der Waals surface area contributed by atoms with Gasteiger partial charge in [0.15, 0.2) is 5.16 Å². The van der Waals surface area contributed by atoms with Crippen LogP contribution in [-0.4, -0.2) is 30.8 Å². The van der Waals surface area contributed by atoms with E-state index in [1.807, 2.05) is 22.4 Å². The van der Waals surface area contributed by atoms with Gasteiger partial charge >= 0.3 is 0 Å². The number of aromatic nitrogens is 4. The zero-order valence-electron chi connectivity index (χ0n) is 18.8. The van der Waals surface area contributed by atoms with Crippen LogP contribution in [0.1, 0.15) is 42.8 Å². The molecule has 170 valence electrons. The first-order valence-corrected chi connectivity index (χ1v) is 11.7. The molecule has 6 nitrogen and oxygen atoms in total. The third-order valence-electron chi connectivity index (χ3n) is 5.38. The summed E-state index contributed by atoms with van der Waals surface area (Å²) in [6.07, 6.45) is 7.06. The Morgan fingerprint density at radius 2 is 1.82 bits per heavy atom. The van der Waals surface area contributed by atoms with Crippen molar-refractivity contribution < 1.29 is 9.18 Å². The zero-order valence-corrected chi connectivity index (χ0v) is 19.6. The molecule has 0 fully saturated rings. The Morgan fingerprint density at radius 3 is 2.48 bits per heavy atom. The van der Waals surface area contributed by atoms with Crippen LogP contribution < -0.4 is 5.32 Å². The van der Waals surface area contributed by atoms with Gasteiger partial charge < -0.3 is 9.88 Å². The van der Waals surface area contributed by atoms with Gasteiger partial charge in [0.25, 0.3) is 0 Å². The Morgan fingerprint density at radius 1 is 1.06 bits per heavy atom. The first-order valence-electron chi connectivity index (χ1n) is 10.7. The minimum atomic E-state index is -0.558. The standard InChI is InChI=1S/C25H26FN5OS/c1-17(2)18-7-9-21(10-8-18)31-14-12-28-25(31)33-16-22(32)29-23(24-27-11-13-30(24)3)19-5-4-6-20(26)15-19/h4-15,17,23H,16H2,1-3H3,(H,29,32)/t23-/m1/s1. The van der Waals surface area contributed by atoms with Crippen molar-refractivity contribution in [3.8, 4) is 5.69 Å². The Kier molecular flexibility index (Phi) is 6.93. The normalized spacial score (nSPS) is 12.2. The molecule has 2 aromatic heterocycles. The largest absolute Gasteiger partial charge is 0.341 e. The van der Waals surface area contributed by atoms with Gasteiger partial charge in [-0.05, 0) is 41.3 Å². The summed E-state index contributed by atoms with van der Waals surface area (Å²) >= 11 is 1.35. The van der Waals surface area contributed by atoms with E-state index in [9.17, 15) is 9.18 Å². The van der Waals surface area contributed by atoms with Gasteiger partial charge in [-0.15, -0.1) is 0 Å². The lowest BCUT2D eigenvalue weighted by molar-refractivity contribution is -0.119. The van der Waals surface area contributed by atoms with Crippen LogP contribution in [-0.2, 0) is 11.8 Å². The molecule has 4 aromatic rings. The van der Waals surface area contributed by atoms with Crippen LogP contribution in [0.4, 0.5) is 4.39 Å². The van der Waals surface area contributed by atoms with E-state index in [4.69, 9.17) is 0 Å². The molecular weight excluding hydrogens is 437 g/mol. The Balaban J connectivity index is 1.47. The molecule has 1 amide bonds. The van der Waals surface area contributed by atoms with Crippen LogP contribution in [0.3, 0.4) is 0 Å². The van der Waals surface area contributed by atoms with Crippen LogP contribution in [0.2, 0.25) is 0 Å². The molecule has 0 saturated carbocycles. The first-order chi connectivity index (χ1) is 15.9. The number of imidazole rings is 2. The summed E-state index contributed by atoms with van der Waals surface area (Å²) in [5.41, 5.74) is 2.89. The number of halogens is 1. The molecule has 0 spiro atoms. The summed E-state index contributed by atoms with van der Waals surface area (Å²) in [6, 6.07) is 14.0. The summed E-state index contributed by atoms with van der Waals surface area (Å²) in [4.78, 5) is 21.7. The van der Waals surface area contributed by atoms with Crippen LogP contribution in [0.25, 0.3) is 5.69 Å². The van der Waals surface area contributed by atoms with Gasteiger partial charge in [0, 0.05) is 37.5 Å². The van der Waals surface area contributed by atoms with E-state index in [0.717, 1.165) is 10.8 Å². The summed E-state index contributed by atoms with van der Waals surface area (Å²) in [5, 5.41) is 3.72. The highest BCUT2D eigenvalue weighted by atomic mass is 32.2. The van der Waals surface area contributed by atoms with Crippen LogP contribution in [0, 0.1) is 5.82 Å². The highest BCUT2D eigenvalue weighted by Crippen LogP contribution is 2.24. The fraction of sp³-hybridized carbons (Fsp3) is 0.240. The molecule has 8 heteroatoms. The number of hydrogen-bond acceptors (Lipinski definition) is 4. The lowest BCUT2D eigenvalue weighted by Crippen LogP contribution is -2.32. The summed E-state index contributed by atoms with van der Waals surface area (Å²) < 4.78 is 17.6. The number of nitrogens with one attached hydrogen (secondary N) is 1. The molecule has 0 bridgehead atoms. The lowest BCUT2D eigenvalue weighted by atomic mass is 10.0. The molecule has 2 aromatic carbocycles. The second kappa shape index (κ2) is 10.0. The molecule has 0 aliphatic carbocycles. The second-order valence-corrected chi connectivity index (χ2v) is 9.01. The molecule has 0 saturated heterocycles. The van der Waals surface area contributed by atoms with Crippen molar-refractivity contribution in [2.75, 3.05) is 5.75 Å². The molecule has 0 unspecified atom stereocenters. The van der Waals surface area contributed by atoms with Crippen molar-refractivity contribution >= 4 is 17.7 Å². The number of carbonyl (C=O) groups is 1. The van der Waals surface area contributed by atoms with E-state index >= 15 is 0 Å². The molecule has 33 heavy (non-hydrogen) atoms. The van der Waals surface area contributed by atoms with Gasteiger partial charge in [-0.3, -0.25) is 9.36 Å². The van der Waals surface area contributed by atoms with Gasteiger partial charge in [0.05, 0.1) is 5.75 Å². The van der Waals surface area contributed by atoms with Crippen molar-refractivity contribution in [1.82, 2.24) is 24.4 Å². The number of nitrogens with zero attached hydrogens (tertiary/aromatic N) is 4. The number of rotatable bonds is 8. The Bertz CT molecular complexity index is 1230. The van der Waals surface area contributed by atoms with Gasteiger partial charge in [-0.25, -0.2) is 14.4 Å². The predicted octanol–water partition coefficient (Wildman–Crippen LogP) is 4.87. The van der Waals surface area contributed by atoms with Gasteiger partial charge in [0.2, 0.25) is 5.91 Å². The van der Waals surface area contributed by atoms with E-state index in [2.05, 4.69) is 53.4 Å². The van der Waals surface area contributed by atoms with E-state index in [1.165, 1.54) is 29.5 Å². The smallest absolute Gasteiger partial charge is 0.231 e.